The molecule has 0 spiro atoms. The van der Waals surface area contributed by atoms with Gasteiger partial charge in [-0.25, -0.2) is 0 Å². The molecule has 1 atom stereocenters. The lowest BCUT2D eigenvalue weighted by atomic mass is 10.1. The summed E-state index contributed by atoms with van der Waals surface area (Å²) in [6, 6.07) is 5.41. The highest BCUT2D eigenvalue weighted by Crippen LogP contribution is 2.20. The predicted molar refractivity (Wildman–Crippen MR) is 90.9 cm³/mol. The number of benzene rings is 1. The molecule has 0 bridgehead atoms. The molecule has 0 fully saturated rings. The molecule has 128 valence electrons. The van der Waals surface area contributed by atoms with E-state index in [4.69, 9.17) is 16.7 Å². The number of nitro benzene ring substituents is 1. The third-order valence-electron chi connectivity index (χ3n) is 3.55. The number of rotatable bonds is 7. The molecule has 1 aromatic carbocycles. The van der Waals surface area contributed by atoms with Gasteiger partial charge in [0.05, 0.1) is 22.5 Å². The molecule has 0 saturated carbocycles. The molecule has 0 aliphatic rings. The number of aliphatic hydroxyl groups excluding tert-OH is 1. The molecular weight excluding hydrogens is 336 g/mol. The molecule has 1 unspecified atom stereocenters. The van der Waals surface area contributed by atoms with Crippen LogP contribution in [0.3, 0.4) is 0 Å². The van der Waals surface area contributed by atoms with Crippen LogP contribution >= 0.6 is 11.6 Å². The first-order valence-electron chi connectivity index (χ1n) is 7.38. The van der Waals surface area contributed by atoms with Crippen molar-refractivity contribution in [1.82, 2.24) is 9.78 Å². The van der Waals surface area contributed by atoms with Crippen LogP contribution in [-0.4, -0.2) is 32.5 Å². The van der Waals surface area contributed by atoms with E-state index in [1.54, 1.807) is 0 Å². The number of aliphatic hydroxyl groups is 1. The van der Waals surface area contributed by atoms with Gasteiger partial charge in [0.15, 0.2) is 0 Å². The van der Waals surface area contributed by atoms with E-state index in [9.17, 15) is 14.9 Å². The van der Waals surface area contributed by atoms with E-state index in [1.165, 1.54) is 30.5 Å². The Kier molecular flexibility index (Phi) is 5.88. The van der Waals surface area contributed by atoms with Gasteiger partial charge in [-0.1, -0.05) is 18.5 Å². The average molecular weight is 353 g/mol. The minimum atomic E-state index is -0.533. The molecule has 2 aromatic rings. The minimum Gasteiger partial charge on any atom is -0.396 e. The molecule has 8 nitrogen and oxygen atoms in total. The molecule has 0 aliphatic carbocycles. The molecule has 0 saturated heterocycles. The fraction of sp³-hybridized carbons (Fsp3) is 0.333. The van der Waals surface area contributed by atoms with Crippen LogP contribution in [0.25, 0.3) is 5.69 Å². The summed E-state index contributed by atoms with van der Waals surface area (Å²) >= 11 is 6.12. The Morgan fingerprint density at radius 3 is 2.62 bits per heavy atom. The summed E-state index contributed by atoms with van der Waals surface area (Å²) in [4.78, 5) is 22.5. The minimum absolute atomic E-state index is 0.0241. The summed E-state index contributed by atoms with van der Waals surface area (Å²) in [6.45, 7) is 1.98. The van der Waals surface area contributed by atoms with Crippen LogP contribution in [0.4, 0.5) is 11.4 Å². The maximum atomic E-state index is 12.4. The molecular formula is C15H17ClN4O4. The van der Waals surface area contributed by atoms with Crippen molar-refractivity contribution in [2.75, 3.05) is 11.9 Å². The Morgan fingerprint density at radius 1 is 1.42 bits per heavy atom. The van der Waals surface area contributed by atoms with Crippen molar-refractivity contribution >= 4 is 23.0 Å². The molecule has 2 N–H and O–H groups in total. The van der Waals surface area contributed by atoms with Crippen molar-refractivity contribution < 1.29 is 10.0 Å². The van der Waals surface area contributed by atoms with Gasteiger partial charge < -0.3 is 10.4 Å². The van der Waals surface area contributed by atoms with Crippen molar-refractivity contribution in [2.24, 2.45) is 0 Å². The van der Waals surface area contributed by atoms with E-state index in [0.29, 0.717) is 17.8 Å². The second-order valence-corrected chi connectivity index (χ2v) is 5.50. The molecule has 1 heterocycles. The molecule has 1 aromatic heterocycles. The number of nitrogens with zero attached hydrogens (tertiary/aromatic N) is 3. The monoisotopic (exact) mass is 352 g/mol. The summed E-state index contributed by atoms with van der Waals surface area (Å²) in [6.07, 6.45) is 2.70. The Labute approximate surface area is 142 Å². The van der Waals surface area contributed by atoms with Gasteiger partial charge in [-0.2, -0.15) is 9.78 Å². The molecule has 0 amide bonds. The molecule has 9 heteroatoms. The lowest BCUT2D eigenvalue weighted by molar-refractivity contribution is -0.384. The zero-order chi connectivity index (χ0) is 17.7. The number of hydrogen-bond acceptors (Lipinski definition) is 6. The van der Waals surface area contributed by atoms with Crippen molar-refractivity contribution in [1.29, 1.82) is 0 Å². The Bertz CT molecular complexity index is 776. The maximum absolute atomic E-state index is 12.4. The zero-order valence-electron chi connectivity index (χ0n) is 13.0. The third-order valence-corrected chi connectivity index (χ3v) is 3.92. The lowest BCUT2D eigenvalue weighted by Crippen LogP contribution is -2.26. The van der Waals surface area contributed by atoms with Gasteiger partial charge in [0.1, 0.15) is 5.02 Å². The molecule has 24 heavy (non-hydrogen) atoms. The van der Waals surface area contributed by atoms with Crippen molar-refractivity contribution in [3.8, 4) is 5.69 Å². The van der Waals surface area contributed by atoms with E-state index in [1.807, 2.05) is 6.92 Å². The first kappa shape index (κ1) is 17.9. The van der Waals surface area contributed by atoms with E-state index in [0.717, 1.165) is 11.1 Å². The van der Waals surface area contributed by atoms with E-state index >= 15 is 0 Å². The van der Waals surface area contributed by atoms with Crippen LogP contribution in [0, 0.1) is 10.1 Å². The highest BCUT2D eigenvalue weighted by molar-refractivity contribution is 6.32. The van der Waals surface area contributed by atoms with Gasteiger partial charge in [0, 0.05) is 24.8 Å². The van der Waals surface area contributed by atoms with E-state index < -0.39 is 10.5 Å². The fourth-order valence-corrected chi connectivity index (χ4v) is 2.37. The molecule has 2 rings (SSSR count). The van der Waals surface area contributed by atoms with E-state index in [-0.39, 0.29) is 23.4 Å². The number of aromatic nitrogens is 2. The highest BCUT2D eigenvalue weighted by atomic mass is 35.5. The van der Waals surface area contributed by atoms with E-state index in [2.05, 4.69) is 10.4 Å². The second-order valence-electron chi connectivity index (χ2n) is 5.12. The number of hydrogen-bond donors (Lipinski definition) is 2. The molecule has 0 radical (unpaired) electrons. The van der Waals surface area contributed by atoms with Crippen LogP contribution in [0.15, 0.2) is 35.3 Å². The Morgan fingerprint density at radius 2 is 2.08 bits per heavy atom. The van der Waals surface area contributed by atoms with Gasteiger partial charge in [-0.3, -0.25) is 14.9 Å². The normalized spacial score (nSPS) is 12.0. The summed E-state index contributed by atoms with van der Waals surface area (Å²) in [7, 11) is 0. The standard InChI is InChI=1S/C15H17ClN4O4/c1-2-10(7-8-21)18-13-9-17-19(15(22)14(13)16)11-3-5-12(6-4-11)20(23)24/h3-6,9-10,18,21H,2,7-8H2,1H3. The number of non-ortho nitro benzene ring substituents is 1. The number of halogens is 1. The van der Waals surface area contributed by atoms with Crippen LogP contribution in [-0.2, 0) is 0 Å². The Balaban J connectivity index is 2.32. The maximum Gasteiger partial charge on any atom is 0.292 e. The Hall–Kier alpha value is -2.45. The average Bonchev–Trinajstić information content (AvgIpc) is 2.58. The van der Waals surface area contributed by atoms with Crippen LogP contribution in [0.5, 0.6) is 0 Å². The van der Waals surface area contributed by atoms with Crippen molar-refractivity contribution in [2.45, 2.75) is 25.8 Å². The SMILES string of the molecule is CCC(CCO)Nc1cnn(-c2ccc([N+](=O)[O-])cc2)c(=O)c1Cl. The smallest absolute Gasteiger partial charge is 0.292 e. The highest BCUT2D eigenvalue weighted by Gasteiger charge is 2.14. The number of anilines is 1. The number of nitrogens with one attached hydrogen (secondary N) is 1. The van der Waals surface area contributed by atoms with Crippen LogP contribution < -0.4 is 10.9 Å². The summed E-state index contributed by atoms with van der Waals surface area (Å²) in [5.74, 6) is 0. The molecule has 0 aliphatic heterocycles. The van der Waals surface area contributed by atoms with Crippen molar-refractivity contribution in [3.63, 3.8) is 0 Å². The van der Waals surface area contributed by atoms with Crippen LogP contribution in [0.2, 0.25) is 5.02 Å². The first-order chi connectivity index (χ1) is 11.5. The quantitative estimate of drug-likeness (QED) is 0.584. The van der Waals surface area contributed by atoms with Crippen molar-refractivity contribution in [3.05, 3.63) is 56.0 Å². The lowest BCUT2D eigenvalue weighted by Gasteiger charge is -2.18. The topological polar surface area (TPSA) is 110 Å². The predicted octanol–water partition coefficient (Wildman–Crippen LogP) is 2.37. The summed E-state index contributed by atoms with van der Waals surface area (Å²) < 4.78 is 1.07. The zero-order valence-corrected chi connectivity index (χ0v) is 13.7. The summed E-state index contributed by atoms with van der Waals surface area (Å²) in [5.41, 5.74) is 0.155. The van der Waals surface area contributed by atoms with Gasteiger partial charge in [0.25, 0.3) is 11.2 Å². The largest absolute Gasteiger partial charge is 0.396 e. The van der Waals surface area contributed by atoms with Crippen LogP contribution in [0.1, 0.15) is 19.8 Å². The second kappa shape index (κ2) is 7.89. The van der Waals surface area contributed by atoms with Gasteiger partial charge >= 0.3 is 0 Å². The summed E-state index contributed by atoms with van der Waals surface area (Å²) in [5, 5.41) is 26.8. The first-order valence-corrected chi connectivity index (χ1v) is 7.75. The third kappa shape index (κ3) is 3.90. The van der Waals surface area contributed by atoms with Gasteiger partial charge in [-0.15, -0.1) is 0 Å². The fourth-order valence-electron chi connectivity index (χ4n) is 2.19. The number of nitro groups is 1. The van der Waals surface area contributed by atoms with Gasteiger partial charge in [-0.05, 0) is 25.0 Å². The van der Waals surface area contributed by atoms with Gasteiger partial charge in [0.2, 0.25) is 0 Å².